The first kappa shape index (κ1) is 17.0. The molecule has 0 fully saturated rings. The number of halogens is 1. The van der Waals surface area contributed by atoms with Crippen LogP contribution >= 0.6 is 11.6 Å². The monoisotopic (exact) mass is 331 g/mol. The van der Waals surface area contributed by atoms with Gasteiger partial charge >= 0.3 is 0 Å². The van der Waals surface area contributed by atoms with Crippen molar-refractivity contribution >= 4 is 29.0 Å². The van der Waals surface area contributed by atoms with Crippen molar-refractivity contribution in [1.29, 1.82) is 0 Å². The van der Waals surface area contributed by atoms with E-state index in [4.69, 9.17) is 16.3 Å². The average molecular weight is 332 g/mol. The summed E-state index contributed by atoms with van der Waals surface area (Å²) in [6.07, 6.45) is 1.13. The number of ketones is 1. The molecule has 0 saturated heterocycles. The van der Waals surface area contributed by atoms with Gasteiger partial charge in [0.2, 0.25) is 5.91 Å². The Balaban J connectivity index is 1.76. The van der Waals surface area contributed by atoms with E-state index in [-0.39, 0.29) is 11.7 Å². The lowest BCUT2D eigenvalue weighted by atomic mass is 10.1. The van der Waals surface area contributed by atoms with Gasteiger partial charge in [-0.3, -0.25) is 9.59 Å². The van der Waals surface area contributed by atoms with E-state index < -0.39 is 0 Å². The van der Waals surface area contributed by atoms with E-state index in [0.717, 1.165) is 0 Å². The van der Waals surface area contributed by atoms with Crippen molar-refractivity contribution in [3.8, 4) is 5.75 Å². The van der Waals surface area contributed by atoms with Gasteiger partial charge in [-0.15, -0.1) is 0 Å². The van der Waals surface area contributed by atoms with Crippen LogP contribution in [0.2, 0.25) is 5.02 Å². The molecule has 0 saturated carbocycles. The van der Waals surface area contributed by atoms with Gasteiger partial charge in [-0.1, -0.05) is 11.6 Å². The molecule has 2 aromatic rings. The number of carbonyl (C=O) groups is 2. The van der Waals surface area contributed by atoms with Gasteiger partial charge in [0.1, 0.15) is 5.75 Å². The molecule has 0 aromatic heterocycles. The lowest BCUT2D eigenvalue weighted by Gasteiger charge is -2.05. The first-order valence-corrected chi connectivity index (χ1v) is 7.69. The number of nitrogens with one attached hydrogen (secondary N) is 1. The summed E-state index contributed by atoms with van der Waals surface area (Å²) in [5.41, 5.74) is 1.32. The maximum absolute atomic E-state index is 12.0. The largest absolute Gasteiger partial charge is 0.497 e. The molecule has 0 aliphatic carbocycles. The van der Waals surface area contributed by atoms with Crippen LogP contribution in [0.5, 0.6) is 5.75 Å². The SMILES string of the molecule is COc1ccc(C(=O)CCCC(=O)Nc2ccc(Cl)cc2)cc1. The van der Waals surface area contributed by atoms with Crippen molar-refractivity contribution < 1.29 is 14.3 Å². The second-order valence-electron chi connectivity index (χ2n) is 5.06. The van der Waals surface area contributed by atoms with Gasteiger partial charge in [-0.05, 0) is 55.0 Å². The van der Waals surface area contributed by atoms with E-state index in [2.05, 4.69) is 5.32 Å². The van der Waals surface area contributed by atoms with Crippen LogP contribution in [0.15, 0.2) is 48.5 Å². The van der Waals surface area contributed by atoms with Crippen molar-refractivity contribution in [3.05, 3.63) is 59.1 Å². The number of rotatable bonds is 7. The highest BCUT2D eigenvalue weighted by Crippen LogP contribution is 2.15. The van der Waals surface area contributed by atoms with E-state index >= 15 is 0 Å². The fraction of sp³-hybridized carbons (Fsp3) is 0.222. The van der Waals surface area contributed by atoms with E-state index in [0.29, 0.717) is 41.3 Å². The van der Waals surface area contributed by atoms with Gasteiger partial charge < -0.3 is 10.1 Å². The summed E-state index contributed by atoms with van der Waals surface area (Å²) < 4.78 is 5.05. The number of ether oxygens (including phenoxy) is 1. The highest BCUT2D eigenvalue weighted by Gasteiger charge is 2.08. The Hall–Kier alpha value is -2.33. The summed E-state index contributed by atoms with van der Waals surface area (Å²) in [6.45, 7) is 0. The maximum Gasteiger partial charge on any atom is 0.224 e. The molecular formula is C18H18ClNO3. The fourth-order valence-corrected chi connectivity index (χ4v) is 2.21. The molecule has 0 atom stereocenters. The smallest absolute Gasteiger partial charge is 0.224 e. The van der Waals surface area contributed by atoms with Crippen molar-refractivity contribution in [1.82, 2.24) is 0 Å². The minimum atomic E-state index is -0.116. The Morgan fingerprint density at radius 3 is 2.26 bits per heavy atom. The molecule has 5 heteroatoms. The lowest BCUT2D eigenvalue weighted by molar-refractivity contribution is -0.116. The van der Waals surface area contributed by atoms with Gasteiger partial charge in [0.05, 0.1) is 7.11 Å². The predicted octanol–water partition coefficient (Wildman–Crippen LogP) is 4.34. The van der Waals surface area contributed by atoms with E-state index in [1.165, 1.54) is 0 Å². The number of hydrogen-bond donors (Lipinski definition) is 1. The van der Waals surface area contributed by atoms with Crippen LogP contribution in [-0.4, -0.2) is 18.8 Å². The highest BCUT2D eigenvalue weighted by molar-refractivity contribution is 6.30. The third-order valence-corrected chi connectivity index (χ3v) is 3.60. The Morgan fingerprint density at radius 2 is 1.65 bits per heavy atom. The number of benzene rings is 2. The minimum absolute atomic E-state index is 0.0203. The Labute approximate surface area is 140 Å². The highest BCUT2D eigenvalue weighted by atomic mass is 35.5. The molecule has 0 aliphatic rings. The summed E-state index contributed by atoms with van der Waals surface area (Å²) in [6, 6.07) is 13.9. The summed E-state index contributed by atoms with van der Waals surface area (Å²) in [5, 5.41) is 3.39. The van der Waals surface area contributed by atoms with Crippen LogP contribution < -0.4 is 10.1 Å². The predicted molar refractivity (Wildman–Crippen MR) is 91.3 cm³/mol. The Kier molecular flexibility index (Phi) is 6.18. The molecule has 0 radical (unpaired) electrons. The van der Waals surface area contributed by atoms with Gasteiger partial charge in [0.15, 0.2) is 5.78 Å². The van der Waals surface area contributed by atoms with Crippen LogP contribution in [0.4, 0.5) is 5.69 Å². The molecule has 2 rings (SSSR count). The first-order chi connectivity index (χ1) is 11.1. The van der Waals surface area contributed by atoms with Crippen LogP contribution in [0.1, 0.15) is 29.6 Å². The minimum Gasteiger partial charge on any atom is -0.497 e. The molecule has 120 valence electrons. The number of anilines is 1. The molecule has 0 aliphatic heterocycles. The normalized spacial score (nSPS) is 10.2. The average Bonchev–Trinajstić information content (AvgIpc) is 2.57. The van der Waals surface area contributed by atoms with Crippen molar-refractivity contribution in [2.45, 2.75) is 19.3 Å². The van der Waals surface area contributed by atoms with Crippen molar-refractivity contribution in [2.24, 2.45) is 0 Å². The zero-order valence-electron chi connectivity index (χ0n) is 12.8. The number of Topliss-reactive ketones (excluding diaryl/α,β-unsaturated/α-hetero) is 1. The molecule has 23 heavy (non-hydrogen) atoms. The Morgan fingerprint density at radius 1 is 1.00 bits per heavy atom. The lowest BCUT2D eigenvalue weighted by Crippen LogP contribution is -2.11. The molecule has 2 aromatic carbocycles. The topological polar surface area (TPSA) is 55.4 Å². The number of hydrogen-bond acceptors (Lipinski definition) is 3. The van der Waals surface area contributed by atoms with Crippen molar-refractivity contribution in [3.63, 3.8) is 0 Å². The van der Waals surface area contributed by atoms with Crippen LogP contribution in [0.25, 0.3) is 0 Å². The molecule has 0 unspecified atom stereocenters. The number of methoxy groups -OCH3 is 1. The van der Waals surface area contributed by atoms with Gasteiger partial charge in [-0.2, -0.15) is 0 Å². The summed E-state index contributed by atoms with van der Waals surface area (Å²) in [5.74, 6) is 0.616. The molecule has 0 spiro atoms. The summed E-state index contributed by atoms with van der Waals surface area (Å²) in [7, 11) is 1.58. The Bertz CT molecular complexity index is 666. The second-order valence-corrected chi connectivity index (χ2v) is 5.50. The quantitative estimate of drug-likeness (QED) is 0.768. The molecular weight excluding hydrogens is 314 g/mol. The van der Waals surface area contributed by atoms with Gasteiger partial charge in [0, 0.05) is 29.1 Å². The van der Waals surface area contributed by atoms with Crippen LogP contribution in [0.3, 0.4) is 0 Å². The summed E-state index contributed by atoms with van der Waals surface area (Å²) in [4.78, 5) is 23.9. The molecule has 1 N–H and O–H groups in total. The fourth-order valence-electron chi connectivity index (χ4n) is 2.09. The molecule has 1 amide bonds. The van der Waals surface area contributed by atoms with E-state index in [9.17, 15) is 9.59 Å². The number of carbonyl (C=O) groups excluding carboxylic acids is 2. The van der Waals surface area contributed by atoms with Gasteiger partial charge in [0.25, 0.3) is 0 Å². The van der Waals surface area contributed by atoms with Crippen LogP contribution in [-0.2, 0) is 4.79 Å². The number of amides is 1. The first-order valence-electron chi connectivity index (χ1n) is 7.31. The van der Waals surface area contributed by atoms with E-state index in [1.54, 1.807) is 55.6 Å². The zero-order chi connectivity index (χ0) is 16.7. The maximum atomic E-state index is 12.0. The van der Waals surface area contributed by atoms with Gasteiger partial charge in [-0.25, -0.2) is 0 Å². The summed E-state index contributed by atoms with van der Waals surface area (Å²) >= 11 is 5.79. The van der Waals surface area contributed by atoms with E-state index in [1.807, 2.05) is 0 Å². The molecule has 4 nitrogen and oxygen atoms in total. The van der Waals surface area contributed by atoms with Crippen LogP contribution in [0, 0.1) is 0 Å². The molecule has 0 heterocycles. The van der Waals surface area contributed by atoms with Crippen molar-refractivity contribution in [2.75, 3.05) is 12.4 Å². The second kappa shape index (κ2) is 8.34. The molecule has 0 bridgehead atoms. The zero-order valence-corrected chi connectivity index (χ0v) is 13.6. The standard InChI is InChI=1S/C18H18ClNO3/c1-23-16-11-5-13(6-12-16)17(21)3-2-4-18(22)20-15-9-7-14(19)8-10-15/h5-12H,2-4H2,1H3,(H,20,22). The third kappa shape index (κ3) is 5.42. The third-order valence-electron chi connectivity index (χ3n) is 3.35.